The fourth-order valence-corrected chi connectivity index (χ4v) is 4.59. The van der Waals surface area contributed by atoms with Crippen LogP contribution in [0.5, 0.6) is 0 Å². The number of thiophene rings is 1. The van der Waals surface area contributed by atoms with Gasteiger partial charge in [-0.25, -0.2) is 9.59 Å². The highest BCUT2D eigenvalue weighted by molar-refractivity contribution is 7.80. The topological polar surface area (TPSA) is 76.7 Å². The molecule has 8 heteroatoms. The van der Waals surface area contributed by atoms with Crippen molar-refractivity contribution in [3.05, 3.63) is 70.1 Å². The summed E-state index contributed by atoms with van der Waals surface area (Å²) in [5, 5.41) is 7.14. The van der Waals surface area contributed by atoms with Gasteiger partial charge in [0.25, 0.3) is 0 Å². The van der Waals surface area contributed by atoms with Crippen molar-refractivity contribution in [2.24, 2.45) is 0 Å². The molecule has 0 atom stereocenters. The van der Waals surface area contributed by atoms with Crippen molar-refractivity contribution < 1.29 is 19.1 Å². The number of methoxy groups -OCH3 is 1. The zero-order valence-electron chi connectivity index (χ0n) is 18.3. The number of esters is 2. The molecule has 0 radical (unpaired) electrons. The first-order chi connectivity index (χ1) is 15.3. The van der Waals surface area contributed by atoms with Gasteiger partial charge in [0.1, 0.15) is 10.6 Å². The van der Waals surface area contributed by atoms with Gasteiger partial charge in [0.05, 0.1) is 19.3 Å². The highest BCUT2D eigenvalue weighted by atomic mass is 32.1. The van der Waals surface area contributed by atoms with E-state index < -0.39 is 11.9 Å². The van der Waals surface area contributed by atoms with E-state index in [-0.39, 0.29) is 6.61 Å². The number of aryl methyl sites for hydroxylation is 2. The largest absolute Gasteiger partial charge is 0.465 e. The maximum atomic E-state index is 12.8. The van der Waals surface area contributed by atoms with Crippen LogP contribution in [0.4, 0.5) is 10.7 Å². The second kappa shape index (κ2) is 10.4. The Morgan fingerprint density at radius 2 is 1.75 bits per heavy atom. The van der Waals surface area contributed by atoms with E-state index in [1.54, 1.807) is 19.1 Å². The Labute approximate surface area is 196 Å². The number of hydrogen-bond acceptors (Lipinski definition) is 6. The first-order valence-electron chi connectivity index (χ1n) is 9.98. The Bertz CT molecular complexity index is 1160. The molecule has 6 nitrogen and oxygen atoms in total. The molecule has 166 valence electrons. The van der Waals surface area contributed by atoms with Gasteiger partial charge >= 0.3 is 11.9 Å². The van der Waals surface area contributed by atoms with E-state index in [0.717, 1.165) is 21.6 Å². The Kier molecular flexibility index (Phi) is 7.61. The fourth-order valence-electron chi connectivity index (χ4n) is 3.24. The van der Waals surface area contributed by atoms with Crippen LogP contribution in [-0.4, -0.2) is 30.8 Å². The highest BCUT2D eigenvalue weighted by Gasteiger charge is 2.25. The smallest absolute Gasteiger partial charge is 0.341 e. The zero-order chi connectivity index (χ0) is 23.3. The molecular formula is C24H24N2O4S2. The van der Waals surface area contributed by atoms with Gasteiger partial charge in [-0.05, 0) is 56.2 Å². The summed E-state index contributed by atoms with van der Waals surface area (Å²) in [7, 11) is 1.34. The number of ether oxygens (including phenoxy) is 2. The molecule has 0 aliphatic carbocycles. The number of carbonyl (C=O) groups excluding carboxylic acids is 2. The normalized spacial score (nSPS) is 10.4. The molecule has 0 saturated carbocycles. The zero-order valence-corrected chi connectivity index (χ0v) is 19.9. The van der Waals surface area contributed by atoms with Crippen molar-refractivity contribution in [2.75, 3.05) is 24.4 Å². The number of thiocarbonyl (C=S) groups is 1. The van der Waals surface area contributed by atoms with E-state index in [1.165, 1.54) is 18.4 Å². The van der Waals surface area contributed by atoms with E-state index in [2.05, 4.69) is 10.6 Å². The number of carbonyl (C=O) groups is 2. The first-order valence-corrected chi connectivity index (χ1v) is 11.2. The summed E-state index contributed by atoms with van der Waals surface area (Å²) >= 11 is 6.94. The van der Waals surface area contributed by atoms with Crippen LogP contribution in [0.2, 0.25) is 0 Å². The van der Waals surface area contributed by atoms with E-state index in [4.69, 9.17) is 21.7 Å². The third kappa shape index (κ3) is 5.15. The highest BCUT2D eigenvalue weighted by Crippen LogP contribution is 2.40. The lowest BCUT2D eigenvalue weighted by molar-refractivity contribution is 0.0527. The van der Waals surface area contributed by atoms with Crippen LogP contribution in [0, 0.1) is 13.8 Å². The molecule has 3 rings (SSSR count). The molecule has 2 aromatic carbocycles. The van der Waals surface area contributed by atoms with Crippen LogP contribution in [0.3, 0.4) is 0 Å². The Morgan fingerprint density at radius 3 is 2.41 bits per heavy atom. The van der Waals surface area contributed by atoms with E-state index >= 15 is 0 Å². The van der Waals surface area contributed by atoms with Crippen molar-refractivity contribution in [1.82, 2.24) is 0 Å². The summed E-state index contributed by atoms with van der Waals surface area (Å²) in [6.45, 7) is 5.90. The molecule has 32 heavy (non-hydrogen) atoms. The summed E-state index contributed by atoms with van der Waals surface area (Å²) in [5.74, 6) is -0.845. The quantitative estimate of drug-likeness (QED) is 0.349. The molecule has 1 heterocycles. The molecule has 0 aliphatic heterocycles. The summed E-state index contributed by atoms with van der Waals surface area (Å²) < 4.78 is 10.1. The van der Waals surface area contributed by atoms with E-state index in [1.807, 2.05) is 50.2 Å². The van der Waals surface area contributed by atoms with E-state index in [9.17, 15) is 9.59 Å². The molecular weight excluding hydrogens is 444 g/mol. The number of anilines is 2. The number of nitrogens with one attached hydrogen (secondary N) is 2. The standard InChI is InChI=1S/C24H24N2O4S2/c1-5-30-23(28)20-19(16-9-7-6-8-10-16)15(3)32-21(20)26-24(31)25-18-13-17(22(27)29-4)12-11-14(18)2/h6-13H,5H2,1-4H3,(H2,25,26,31). The van der Waals surface area contributed by atoms with Crippen molar-refractivity contribution in [3.8, 4) is 11.1 Å². The van der Waals surface area contributed by atoms with Crippen LogP contribution in [0.15, 0.2) is 48.5 Å². The van der Waals surface area contributed by atoms with Crippen molar-refractivity contribution in [1.29, 1.82) is 0 Å². The minimum atomic E-state index is -0.432. The third-order valence-electron chi connectivity index (χ3n) is 4.76. The number of hydrogen-bond donors (Lipinski definition) is 2. The minimum absolute atomic E-state index is 0.267. The van der Waals surface area contributed by atoms with Crippen LogP contribution in [0.1, 0.15) is 38.1 Å². The molecule has 0 aliphatic rings. The lowest BCUT2D eigenvalue weighted by Gasteiger charge is -2.14. The van der Waals surface area contributed by atoms with Gasteiger partial charge in [-0.1, -0.05) is 36.4 Å². The second-order valence-electron chi connectivity index (χ2n) is 6.92. The van der Waals surface area contributed by atoms with Crippen LogP contribution in [-0.2, 0) is 9.47 Å². The maximum absolute atomic E-state index is 12.8. The molecule has 0 bridgehead atoms. The molecule has 0 spiro atoms. The van der Waals surface area contributed by atoms with Gasteiger partial charge in [0.15, 0.2) is 5.11 Å². The van der Waals surface area contributed by atoms with Gasteiger partial charge in [0, 0.05) is 16.1 Å². The lowest BCUT2D eigenvalue weighted by Crippen LogP contribution is -2.21. The average Bonchev–Trinajstić information content (AvgIpc) is 3.10. The summed E-state index contributed by atoms with van der Waals surface area (Å²) in [6.07, 6.45) is 0. The molecule has 0 amide bonds. The molecule has 1 aromatic heterocycles. The summed E-state index contributed by atoms with van der Waals surface area (Å²) in [4.78, 5) is 25.7. The van der Waals surface area contributed by atoms with Crippen molar-refractivity contribution in [3.63, 3.8) is 0 Å². The SMILES string of the molecule is CCOC(=O)c1c(NC(=S)Nc2cc(C(=O)OC)ccc2C)sc(C)c1-c1ccccc1. The Morgan fingerprint density at radius 1 is 1.03 bits per heavy atom. The fraction of sp³-hybridized carbons (Fsp3) is 0.208. The van der Waals surface area contributed by atoms with Crippen LogP contribution >= 0.6 is 23.6 Å². The predicted octanol–water partition coefficient (Wildman–Crippen LogP) is 5.80. The minimum Gasteiger partial charge on any atom is -0.465 e. The summed E-state index contributed by atoms with van der Waals surface area (Å²) in [5.41, 5.74) is 4.18. The maximum Gasteiger partial charge on any atom is 0.341 e. The van der Waals surface area contributed by atoms with Gasteiger partial charge in [-0.3, -0.25) is 0 Å². The monoisotopic (exact) mass is 468 g/mol. The second-order valence-corrected chi connectivity index (χ2v) is 8.56. The van der Waals surface area contributed by atoms with Crippen LogP contribution < -0.4 is 10.6 Å². The van der Waals surface area contributed by atoms with E-state index in [0.29, 0.717) is 26.9 Å². The first kappa shape index (κ1) is 23.4. The van der Waals surface area contributed by atoms with Gasteiger partial charge in [-0.15, -0.1) is 11.3 Å². The Hall–Kier alpha value is -3.23. The van der Waals surface area contributed by atoms with Gasteiger partial charge in [0.2, 0.25) is 0 Å². The molecule has 0 saturated heterocycles. The predicted molar refractivity (Wildman–Crippen MR) is 133 cm³/mol. The lowest BCUT2D eigenvalue weighted by atomic mass is 10.0. The van der Waals surface area contributed by atoms with Crippen molar-refractivity contribution >= 4 is 51.3 Å². The molecule has 0 fully saturated rings. The number of rotatable bonds is 6. The van der Waals surface area contributed by atoms with Gasteiger partial charge < -0.3 is 20.1 Å². The third-order valence-corrected chi connectivity index (χ3v) is 5.98. The molecule has 0 unspecified atom stereocenters. The van der Waals surface area contributed by atoms with Crippen molar-refractivity contribution in [2.45, 2.75) is 20.8 Å². The Balaban J connectivity index is 1.93. The number of benzene rings is 2. The van der Waals surface area contributed by atoms with Crippen LogP contribution in [0.25, 0.3) is 11.1 Å². The molecule has 3 aromatic rings. The molecule has 2 N–H and O–H groups in total. The van der Waals surface area contributed by atoms with Gasteiger partial charge in [-0.2, -0.15) is 0 Å². The average molecular weight is 469 g/mol. The summed E-state index contributed by atoms with van der Waals surface area (Å²) in [6, 6.07) is 14.9.